The Labute approximate surface area is 130 Å². The van der Waals surface area contributed by atoms with E-state index in [9.17, 15) is 4.79 Å². The van der Waals surface area contributed by atoms with E-state index in [-0.39, 0.29) is 5.91 Å². The average Bonchev–Trinajstić information content (AvgIpc) is 2.51. The van der Waals surface area contributed by atoms with Crippen LogP contribution in [0, 0.1) is 6.92 Å². The van der Waals surface area contributed by atoms with Crippen LogP contribution in [0.4, 0.5) is 11.4 Å². The molecule has 0 saturated heterocycles. The van der Waals surface area contributed by atoms with Crippen LogP contribution in [0.1, 0.15) is 12.0 Å². The first kappa shape index (κ1) is 15.4. The van der Waals surface area contributed by atoms with Crippen LogP contribution in [0.5, 0.6) is 0 Å². The summed E-state index contributed by atoms with van der Waals surface area (Å²) in [5.41, 5.74) is 2.88. The molecule has 0 bridgehead atoms. The molecule has 0 aromatic heterocycles. The van der Waals surface area contributed by atoms with Gasteiger partial charge in [0.1, 0.15) is 0 Å². The first-order valence-corrected chi connectivity index (χ1v) is 7.27. The van der Waals surface area contributed by atoms with Gasteiger partial charge in [-0.1, -0.05) is 35.9 Å². The molecule has 2 aromatic rings. The lowest BCUT2D eigenvalue weighted by Crippen LogP contribution is -2.27. The van der Waals surface area contributed by atoms with Gasteiger partial charge in [-0.2, -0.15) is 0 Å². The number of aryl methyl sites for hydroxylation is 1. The average molecular weight is 303 g/mol. The molecule has 3 nitrogen and oxygen atoms in total. The fraction of sp³-hybridized carbons (Fsp3) is 0.235. The van der Waals surface area contributed by atoms with Gasteiger partial charge in [0.2, 0.25) is 5.91 Å². The molecule has 0 heterocycles. The number of anilines is 2. The van der Waals surface area contributed by atoms with Crippen LogP contribution in [-0.4, -0.2) is 19.5 Å². The van der Waals surface area contributed by atoms with Crippen molar-refractivity contribution in [1.29, 1.82) is 0 Å². The van der Waals surface area contributed by atoms with Crippen LogP contribution in [0.2, 0.25) is 5.02 Å². The third-order valence-corrected chi connectivity index (χ3v) is 3.76. The molecular weight excluding hydrogens is 284 g/mol. The predicted molar refractivity (Wildman–Crippen MR) is 89.1 cm³/mol. The van der Waals surface area contributed by atoms with E-state index in [0.717, 1.165) is 22.0 Å². The van der Waals surface area contributed by atoms with Gasteiger partial charge in [0.15, 0.2) is 0 Å². The molecule has 2 aromatic carbocycles. The van der Waals surface area contributed by atoms with E-state index in [0.29, 0.717) is 13.0 Å². The second kappa shape index (κ2) is 7.14. The van der Waals surface area contributed by atoms with Gasteiger partial charge < -0.3 is 10.2 Å². The second-order valence-electron chi connectivity index (χ2n) is 4.93. The Morgan fingerprint density at radius 2 is 1.90 bits per heavy atom. The Morgan fingerprint density at radius 1 is 1.19 bits per heavy atom. The minimum absolute atomic E-state index is 0.0758. The second-order valence-corrected chi connectivity index (χ2v) is 5.34. The van der Waals surface area contributed by atoms with Crippen molar-refractivity contribution >= 4 is 28.9 Å². The highest BCUT2D eigenvalue weighted by Gasteiger charge is 2.09. The highest BCUT2D eigenvalue weighted by Crippen LogP contribution is 2.20. The number of carbonyl (C=O) groups is 1. The quantitative estimate of drug-likeness (QED) is 0.901. The molecule has 0 fully saturated rings. The molecule has 0 radical (unpaired) electrons. The highest BCUT2D eigenvalue weighted by atomic mass is 35.5. The first-order valence-electron chi connectivity index (χ1n) is 6.89. The Bertz CT molecular complexity index is 613. The number of amides is 1. The number of benzene rings is 2. The standard InChI is InChI=1S/C17H19ClN2O/c1-13-8-9-14(12-16(13)18)19-11-10-17(21)20(2)15-6-4-3-5-7-15/h3-9,12,19H,10-11H2,1-2H3. The molecule has 1 N–H and O–H groups in total. The minimum Gasteiger partial charge on any atom is -0.384 e. The van der Waals surface area contributed by atoms with E-state index >= 15 is 0 Å². The van der Waals surface area contributed by atoms with E-state index < -0.39 is 0 Å². The van der Waals surface area contributed by atoms with Crippen LogP contribution in [-0.2, 0) is 4.79 Å². The Balaban J connectivity index is 1.85. The molecule has 21 heavy (non-hydrogen) atoms. The molecule has 0 saturated carbocycles. The summed E-state index contributed by atoms with van der Waals surface area (Å²) < 4.78 is 0. The van der Waals surface area contributed by atoms with Gasteiger partial charge in [0, 0.05) is 36.4 Å². The smallest absolute Gasteiger partial charge is 0.228 e. The van der Waals surface area contributed by atoms with Gasteiger partial charge in [0.25, 0.3) is 0 Å². The fourth-order valence-corrected chi connectivity index (χ4v) is 2.16. The van der Waals surface area contributed by atoms with Gasteiger partial charge in [0.05, 0.1) is 0 Å². The molecule has 0 spiro atoms. The lowest BCUT2D eigenvalue weighted by atomic mass is 10.2. The Kier molecular flexibility index (Phi) is 5.23. The van der Waals surface area contributed by atoms with Crippen molar-refractivity contribution in [2.75, 3.05) is 23.8 Å². The zero-order valence-corrected chi connectivity index (χ0v) is 13.0. The zero-order chi connectivity index (χ0) is 15.2. The summed E-state index contributed by atoms with van der Waals surface area (Å²) in [4.78, 5) is 13.8. The molecule has 0 aliphatic heterocycles. The van der Waals surface area contributed by atoms with E-state index in [1.165, 1.54) is 0 Å². The molecule has 110 valence electrons. The number of nitrogens with one attached hydrogen (secondary N) is 1. The van der Waals surface area contributed by atoms with Crippen molar-refractivity contribution in [1.82, 2.24) is 0 Å². The number of hydrogen-bond acceptors (Lipinski definition) is 2. The van der Waals surface area contributed by atoms with E-state index in [4.69, 9.17) is 11.6 Å². The zero-order valence-electron chi connectivity index (χ0n) is 12.3. The number of nitrogens with zero attached hydrogens (tertiary/aromatic N) is 1. The molecule has 0 aliphatic carbocycles. The van der Waals surface area contributed by atoms with E-state index in [1.807, 2.05) is 55.5 Å². The normalized spacial score (nSPS) is 10.2. The summed E-state index contributed by atoms with van der Waals surface area (Å²) >= 11 is 6.07. The number of rotatable bonds is 5. The van der Waals surface area contributed by atoms with Crippen LogP contribution >= 0.6 is 11.6 Å². The van der Waals surface area contributed by atoms with Crippen LogP contribution in [0.25, 0.3) is 0 Å². The van der Waals surface area contributed by atoms with E-state index in [2.05, 4.69) is 5.32 Å². The van der Waals surface area contributed by atoms with Crippen molar-refractivity contribution in [2.24, 2.45) is 0 Å². The van der Waals surface area contributed by atoms with Crippen LogP contribution in [0.15, 0.2) is 48.5 Å². The maximum atomic E-state index is 12.1. The molecule has 2 rings (SSSR count). The SMILES string of the molecule is Cc1ccc(NCCC(=O)N(C)c2ccccc2)cc1Cl. The topological polar surface area (TPSA) is 32.3 Å². The lowest BCUT2D eigenvalue weighted by Gasteiger charge is -2.17. The van der Waals surface area contributed by atoms with Crippen molar-refractivity contribution < 1.29 is 4.79 Å². The monoisotopic (exact) mass is 302 g/mol. The summed E-state index contributed by atoms with van der Waals surface area (Å²) in [6.45, 7) is 2.54. The van der Waals surface area contributed by atoms with Crippen LogP contribution < -0.4 is 10.2 Å². The number of halogens is 1. The van der Waals surface area contributed by atoms with Crippen molar-refractivity contribution in [3.8, 4) is 0 Å². The minimum atomic E-state index is 0.0758. The first-order chi connectivity index (χ1) is 10.1. The number of para-hydroxylation sites is 1. The number of carbonyl (C=O) groups excluding carboxylic acids is 1. The molecule has 0 aliphatic rings. The lowest BCUT2D eigenvalue weighted by molar-refractivity contribution is -0.118. The van der Waals surface area contributed by atoms with Gasteiger partial charge in [-0.15, -0.1) is 0 Å². The van der Waals surface area contributed by atoms with Gasteiger partial charge in [-0.25, -0.2) is 0 Å². The summed E-state index contributed by atoms with van der Waals surface area (Å²) in [6, 6.07) is 15.4. The molecule has 4 heteroatoms. The van der Waals surface area contributed by atoms with Crippen molar-refractivity contribution in [3.05, 3.63) is 59.1 Å². The largest absolute Gasteiger partial charge is 0.384 e. The fourth-order valence-electron chi connectivity index (χ4n) is 1.98. The molecule has 0 atom stereocenters. The maximum Gasteiger partial charge on any atom is 0.228 e. The van der Waals surface area contributed by atoms with E-state index in [1.54, 1.807) is 11.9 Å². The Hall–Kier alpha value is -2.00. The Morgan fingerprint density at radius 3 is 2.57 bits per heavy atom. The van der Waals surface area contributed by atoms with Gasteiger partial charge in [-0.05, 0) is 36.8 Å². The van der Waals surface area contributed by atoms with Gasteiger partial charge in [-0.3, -0.25) is 4.79 Å². The third kappa shape index (κ3) is 4.23. The highest BCUT2D eigenvalue weighted by molar-refractivity contribution is 6.31. The number of hydrogen-bond donors (Lipinski definition) is 1. The molecule has 1 amide bonds. The predicted octanol–water partition coefficient (Wildman–Crippen LogP) is 4.11. The summed E-state index contributed by atoms with van der Waals surface area (Å²) in [6.07, 6.45) is 0.427. The summed E-state index contributed by atoms with van der Waals surface area (Å²) in [5, 5.41) is 3.95. The van der Waals surface area contributed by atoms with Crippen LogP contribution in [0.3, 0.4) is 0 Å². The van der Waals surface area contributed by atoms with Crippen molar-refractivity contribution in [3.63, 3.8) is 0 Å². The van der Waals surface area contributed by atoms with Crippen molar-refractivity contribution in [2.45, 2.75) is 13.3 Å². The summed E-state index contributed by atoms with van der Waals surface area (Å²) in [5.74, 6) is 0.0758. The third-order valence-electron chi connectivity index (χ3n) is 3.36. The summed E-state index contributed by atoms with van der Waals surface area (Å²) in [7, 11) is 1.79. The van der Waals surface area contributed by atoms with Gasteiger partial charge >= 0.3 is 0 Å². The maximum absolute atomic E-state index is 12.1. The molecule has 0 unspecified atom stereocenters. The molecular formula is C17H19ClN2O.